The molecule has 0 bridgehead atoms. The predicted octanol–water partition coefficient (Wildman–Crippen LogP) is 0.453. The van der Waals surface area contributed by atoms with Gasteiger partial charge in [-0.25, -0.2) is 0 Å². The third kappa shape index (κ3) is 1.04. The standard InChI is InChI=1S/C9H10N2O/c12-9(10-6-7-11-9)8-4-2-1-3-5-8/h1-7,10-12H. The van der Waals surface area contributed by atoms with Gasteiger partial charge in [0.1, 0.15) is 0 Å². The second kappa shape index (κ2) is 2.53. The van der Waals surface area contributed by atoms with Gasteiger partial charge >= 0.3 is 0 Å². The minimum absolute atomic E-state index is 0.801. The van der Waals surface area contributed by atoms with Crippen molar-refractivity contribution in [3.63, 3.8) is 0 Å². The summed E-state index contributed by atoms with van der Waals surface area (Å²) in [6, 6.07) is 9.39. The number of aliphatic hydroxyl groups is 1. The number of hydrogen-bond donors (Lipinski definition) is 3. The lowest BCUT2D eigenvalue weighted by molar-refractivity contribution is 0.00265. The molecule has 2 rings (SSSR count). The number of rotatable bonds is 1. The molecule has 0 fully saturated rings. The van der Waals surface area contributed by atoms with Crippen LogP contribution in [0.1, 0.15) is 5.56 Å². The smallest absolute Gasteiger partial charge is 0.241 e. The molecule has 0 aromatic heterocycles. The van der Waals surface area contributed by atoms with E-state index in [1.807, 2.05) is 30.3 Å². The topological polar surface area (TPSA) is 44.3 Å². The van der Waals surface area contributed by atoms with E-state index in [0.717, 1.165) is 5.56 Å². The molecule has 0 unspecified atom stereocenters. The van der Waals surface area contributed by atoms with E-state index in [1.165, 1.54) is 0 Å². The van der Waals surface area contributed by atoms with Crippen molar-refractivity contribution in [2.24, 2.45) is 0 Å². The minimum atomic E-state index is -1.12. The van der Waals surface area contributed by atoms with Crippen LogP contribution in [0, 0.1) is 0 Å². The van der Waals surface area contributed by atoms with Crippen LogP contribution in [0.3, 0.4) is 0 Å². The Morgan fingerprint density at radius 3 is 2.17 bits per heavy atom. The van der Waals surface area contributed by atoms with Crippen molar-refractivity contribution in [3.05, 3.63) is 48.3 Å². The maximum Gasteiger partial charge on any atom is 0.241 e. The van der Waals surface area contributed by atoms with Crippen LogP contribution >= 0.6 is 0 Å². The predicted molar refractivity (Wildman–Crippen MR) is 45.8 cm³/mol. The second-order valence-electron chi connectivity index (χ2n) is 2.70. The first kappa shape index (κ1) is 7.18. The van der Waals surface area contributed by atoms with Gasteiger partial charge < -0.3 is 15.7 Å². The molecule has 1 aliphatic rings. The summed E-state index contributed by atoms with van der Waals surface area (Å²) in [5.41, 5.74) is 0.801. The molecule has 1 aromatic carbocycles. The lowest BCUT2D eigenvalue weighted by atomic mass is 10.1. The molecular formula is C9H10N2O. The van der Waals surface area contributed by atoms with E-state index in [1.54, 1.807) is 12.4 Å². The van der Waals surface area contributed by atoms with Crippen LogP contribution < -0.4 is 10.6 Å². The minimum Gasteiger partial charge on any atom is -0.350 e. The van der Waals surface area contributed by atoms with E-state index in [-0.39, 0.29) is 0 Å². The third-order valence-electron chi connectivity index (χ3n) is 1.86. The fourth-order valence-electron chi connectivity index (χ4n) is 1.21. The van der Waals surface area contributed by atoms with Gasteiger partial charge in [0.15, 0.2) is 0 Å². The highest BCUT2D eigenvalue weighted by molar-refractivity contribution is 5.23. The summed E-state index contributed by atoms with van der Waals surface area (Å²) >= 11 is 0. The lowest BCUT2D eigenvalue weighted by Gasteiger charge is -2.24. The normalized spacial score (nSPS) is 18.4. The molecule has 0 spiro atoms. The zero-order valence-corrected chi connectivity index (χ0v) is 6.49. The molecule has 3 nitrogen and oxygen atoms in total. The molecule has 1 aliphatic heterocycles. The van der Waals surface area contributed by atoms with Crippen LogP contribution in [-0.4, -0.2) is 5.11 Å². The van der Waals surface area contributed by atoms with Gasteiger partial charge in [-0.15, -0.1) is 0 Å². The molecular weight excluding hydrogens is 152 g/mol. The maximum atomic E-state index is 9.88. The van der Waals surface area contributed by atoms with Gasteiger partial charge in [-0.3, -0.25) is 0 Å². The molecule has 0 radical (unpaired) electrons. The van der Waals surface area contributed by atoms with Crippen LogP contribution in [0.25, 0.3) is 0 Å². The van der Waals surface area contributed by atoms with Gasteiger partial charge in [0.25, 0.3) is 0 Å². The number of benzene rings is 1. The first-order chi connectivity index (χ1) is 5.81. The molecule has 1 aromatic rings. The molecule has 3 heteroatoms. The Kier molecular flexibility index (Phi) is 1.52. The summed E-state index contributed by atoms with van der Waals surface area (Å²) in [7, 11) is 0. The quantitative estimate of drug-likeness (QED) is 0.562. The Bertz CT molecular complexity index is 287. The van der Waals surface area contributed by atoms with E-state index >= 15 is 0 Å². The van der Waals surface area contributed by atoms with Gasteiger partial charge in [0.05, 0.1) is 0 Å². The monoisotopic (exact) mass is 162 g/mol. The Morgan fingerprint density at radius 2 is 1.58 bits per heavy atom. The summed E-state index contributed by atoms with van der Waals surface area (Å²) in [5, 5.41) is 15.5. The highest BCUT2D eigenvalue weighted by Crippen LogP contribution is 2.16. The van der Waals surface area contributed by atoms with Gasteiger partial charge in [-0.2, -0.15) is 0 Å². The first-order valence-corrected chi connectivity index (χ1v) is 3.79. The molecule has 0 saturated heterocycles. The highest BCUT2D eigenvalue weighted by Gasteiger charge is 2.28. The largest absolute Gasteiger partial charge is 0.350 e. The molecule has 1 heterocycles. The van der Waals surface area contributed by atoms with Crippen LogP contribution in [0.15, 0.2) is 42.7 Å². The Labute approximate surface area is 70.7 Å². The maximum absolute atomic E-state index is 9.88. The zero-order chi connectivity index (χ0) is 8.44. The van der Waals surface area contributed by atoms with Crippen molar-refractivity contribution >= 4 is 0 Å². The average Bonchev–Trinajstić information content (AvgIpc) is 2.55. The first-order valence-electron chi connectivity index (χ1n) is 3.79. The summed E-state index contributed by atoms with van der Waals surface area (Å²) < 4.78 is 0. The summed E-state index contributed by atoms with van der Waals surface area (Å²) in [6.07, 6.45) is 3.35. The summed E-state index contributed by atoms with van der Waals surface area (Å²) in [4.78, 5) is 0. The van der Waals surface area contributed by atoms with Crippen LogP contribution in [0.2, 0.25) is 0 Å². The number of nitrogens with one attached hydrogen (secondary N) is 2. The Balaban J connectivity index is 2.31. The van der Waals surface area contributed by atoms with E-state index in [4.69, 9.17) is 0 Å². The molecule has 0 aliphatic carbocycles. The van der Waals surface area contributed by atoms with Crippen LogP contribution in [0.5, 0.6) is 0 Å². The van der Waals surface area contributed by atoms with Crippen molar-refractivity contribution < 1.29 is 5.11 Å². The summed E-state index contributed by atoms with van der Waals surface area (Å²) in [5.74, 6) is -1.12. The molecule has 0 atom stereocenters. The fourth-order valence-corrected chi connectivity index (χ4v) is 1.21. The fraction of sp³-hybridized carbons (Fsp3) is 0.111. The molecule has 0 saturated carbocycles. The van der Waals surface area contributed by atoms with Crippen molar-refractivity contribution in [2.75, 3.05) is 0 Å². The third-order valence-corrected chi connectivity index (χ3v) is 1.86. The van der Waals surface area contributed by atoms with E-state index in [2.05, 4.69) is 10.6 Å². The van der Waals surface area contributed by atoms with E-state index in [0.29, 0.717) is 0 Å². The molecule has 0 amide bonds. The van der Waals surface area contributed by atoms with Crippen molar-refractivity contribution in [1.29, 1.82) is 0 Å². The Morgan fingerprint density at radius 1 is 1.00 bits per heavy atom. The van der Waals surface area contributed by atoms with Crippen molar-refractivity contribution in [2.45, 2.75) is 5.85 Å². The number of hydrogen-bond acceptors (Lipinski definition) is 3. The molecule has 62 valence electrons. The van der Waals surface area contributed by atoms with Crippen molar-refractivity contribution in [1.82, 2.24) is 10.6 Å². The van der Waals surface area contributed by atoms with E-state index < -0.39 is 5.85 Å². The van der Waals surface area contributed by atoms with Gasteiger partial charge in [-0.05, 0) is 0 Å². The van der Waals surface area contributed by atoms with Crippen molar-refractivity contribution in [3.8, 4) is 0 Å². The Hall–Kier alpha value is -1.48. The van der Waals surface area contributed by atoms with Gasteiger partial charge in [0, 0.05) is 18.0 Å². The molecule has 12 heavy (non-hydrogen) atoms. The van der Waals surface area contributed by atoms with E-state index in [9.17, 15) is 5.11 Å². The highest BCUT2D eigenvalue weighted by atomic mass is 16.3. The molecule has 3 N–H and O–H groups in total. The second-order valence-corrected chi connectivity index (χ2v) is 2.70. The average molecular weight is 162 g/mol. The van der Waals surface area contributed by atoms with Crippen LogP contribution in [-0.2, 0) is 5.85 Å². The lowest BCUT2D eigenvalue weighted by Crippen LogP contribution is -2.45. The van der Waals surface area contributed by atoms with Gasteiger partial charge in [-0.1, -0.05) is 30.3 Å². The summed E-state index contributed by atoms with van der Waals surface area (Å²) in [6.45, 7) is 0. The van der Waals surface area contributed by atoms with Crippen LogP contribution in [0.4, 0.5) is 0 Å². The SMILES string of the molecule is OC1(c2ccccc2)NC=CN1. The zero-order valence-electron chi connectivity index (χ0n) is 6.49. The van der Waals surface area contributed by atoms with Gasteiger partial charge in [0.2, 0.25) is 5.85 Å².